The number of hydrogen-bond donors (Lipinski definition) is 1. The summed E-state index contributed by atoms with van der Waals surface area (Å²) >= 11 is 0. The van der Waals surface area contributed by atoms with E-state index in [1.807, 2.05) is 0 Å². The van der Waals surface area contributed by atoms with Crippen molar-refractivity contribution in [1.82, 2.24) is 25.0 Å². The second kappa shape index (κ2) is 3.28. The van der Waals surface area contributed by atoms with Crippen LogP contribution < -0.4 is 5.73 Å². The summed E-state index contributed by atoms with van der Waals surface area (Å²) < 4.78 is 1.56. The van der Waals surface area contributed by atoms with Gasteiger partial charge in [-0.15, -0.1) is 5.10 Å². The Morgan fingerprint density at radius 1 is 1.46 bits per heavy atom. The molecule has 0 atom stereocenters. The largest absolute Gasteiger partial charge is 0.324 e. The Balaban J connectivity index is 2.47. The first-order chi connectivity index (χ1) is 6.42. The first-order valence-electron chi connectivity index (χ1n) is 3.79. The number of nitrogens with zero attached hydrogens (tertiary/aromatic N) is 5. The lowest BCUT2D eigenvalue weighted by Gasteiger charge is -2.00. The standard InChI is InChI=1S/C7H8N6/c8-4-7-9-5-11-13(7)6-2-1-3-10-12-6/h1-3,5H,4,8H2. The highest BCUT2D eigenvalue weighted by molar-refractivity contribution is 5.18. The van der Waals surface area contributed by atoms with Crippen LogP contribution in [0.2, 0.25) is 0 Å². The molecule has 0 aliphatic carbocycles. The van der Waals surface area contributed by atoms with E-state index in [0.717, 1.165) is 0 Å². The van der Waals surface area contributed by atoms with Crippen LogP contribution in [0.25, 0.3) is 5.82 Å². The quantitative estimate of drug-likeness (QED) is 0.668. The molecule has 2 N–H and O–H groups in total. The monoisotopic (exact) mass is 176 g/mol. The Morgan fingerprint density at radius 3 is 3.08 bits per heavy atom. The van der Waals surface area contributed by atoms with Gasteiger partial charge in [0.2, 0.25) is 0 Å². The maximum Gasteiger partial charge on any atom is 0.177 e. The van der Waals surface area contributed by atoms with Crippen molar-refractivity contribution in [2.24, 2.45) is 5.73 Å². The van der Waals surface area contributed by atoms with Gasteiger partial charge in [-0.1, -0.05) is 0 Å². The van der Waals surface area contributed by atoms with Crippen molar-refractivity contribution in [3.8, 4) is 5.82 Å². The fraction of sp³-hybridized carbons (Fsp3) is 0.143. The normalized spacial score (nSPS) is 10.2. The van der Waals surface area contributed by atoms with Crippen LogP contribution in [-0.4, -0.2) is 25.0 Å². The topological polar surface area (TPSA) is 82.5 Å². The lowest BCUT2D eigenvalue weighted by Crippen LogP contribution is -2.09. The molecule has 0 unspecified atom stereocenters. The zero-order valence-electron chi connectivity index (χ0n) is 6.83. The summed E-state index contributed by atoms with van der Waals surface area (Å²) in [7, 11) is 0. The summed E-state index contributed by atoms with van der Waals surface area (Å²) in [5, 5.41) is 11.6. The van der Waals surface area contributed by atoms with Crippen molar-refractivity contribution in [3.63, 3.8) is 0 Å². The van der Waals surface area contributed by atoms with Crippen LogP contribution in [-0.2, 0) is 6.54 Å². The van der Waals surface area contributed by atoms with Gasteiger partial charge in [0.1, 0.15) is 12.2 Å². The first kappa shape index (κ1) is 7.81. The SMILES string of the molecule is NCc1ncnn1-c1cccnn1. The minimum Gasteiger partial charge on any atom is -0.324 e. The molecule has 0 saturated carbocycles. The second-order valence-electron chi connectivity index (χ2n) is 2.37. The molecule has 0 bridgehead atoms. The van der Waals surface area contributed by atoms with E-state index in [9.17, 15) is 0 Å². The average Bonchev–Trinajstić information content (AvgIpc) is 2.67. The van der Waals surface area contributed by atoms with E-state index in [1.54, 1.807) is 23.0 Å². The lowest BCUT2D eigenvalue weighted by atomic mass is 10.5. The van der Waals surface area contributed by atoms with Gasteiger partial charge >= 0.3 is 0 Å². The second-order valence-corrected chi connectivity index (χ2v) is 2.37. The molecule has 0 aliphatic rings. The predicted molar refractivity (Wildman–Crippen MR) is 44.8 cm³/mol. The van der Waals surface area contributed by atoms with Gasteiger partial charge in [0.15, 0.2) is 5.82 Å². The van der Waals surface area contributed by atoms with Gasteiger partial charge in [-0.3, -0.25) is 0 Å². The summed E-state index contributed by atoms with van der Waals surface area (Å²) in [6, 6.07) is 3.57. The van der Waals surface area contributed by atoms with Crippen LogP contribution in [0.4, 0.5) is 0 Å². The minimum atomic E-state index is 0.330. The van der Waals surface area contributed by atoms with E-state index in [1.165, 1.54) is 6.33 Å². The van der Waals surface area contributed by atoms with Crippen LogP contribution in [0.3, 0.4) is 0 Å². The van der Waals surface area contributed by atoms with E-state index in [4.69, 9.17) is 5.73 Å². The van der Waals surface area contributed by atoms with E-state index in [-0.39, 0.29) is 0 Å². The zero-order chi connectivity index (χ0) is 9.10. The predicted octanol–water partition coefficient (Wildman–Crippen LogP) is -0.484. The van der Waals surface area contributed by atoms with E-state index >= 15 is 0 Å². The van der Waals surface area contributed by atoms with Crippen LogP contribution in [0.15, 0.2) is 24.7 Å². The molecule has 6 nitrogen and oxygen atoms in total. The van der Waals surface area contributed by atoms with Crippen molar-refractivity contribution >= 4 is 0 Å². The molecule has 6 heteroatoms. The van der Waals surface area contributed by atoms with Crippen LogP contribution in [0, 0.1) is 0 Å². The molecule has 13 heavy (non-hydrogen) atoms. The average molecular weight is 176 g/mol. The van der Waals surface area contributed by atoms with E-state index in [2.05, 4.69) is 20.3 Å². The molecule has 0 saturated heterocycles. The number of aromatic nitrogens is 5. The van der Waals surface area contributed by atoms with Crippen molar-refractivity contribution in [1.29, 1.82) is 0 Å². The Hall–Kier alpha value is -1.82. The van der Waals surface area contributed by atoms with E-state index < -0.39 is 0 Å². The van der Waals surface area contributed by atoms with Gasteiger partial charge in [-0.05, 0) is 12.1 Å². The molecule has 0 aromatic carbocycles. The molecular weight excluding hydrogens is 168 g/mol. The van der Waals surface area contributed by atoms with Crippen molar-refractivity contribution in [2.45, 2.75) is 6.54 Å². The third-order valence-corrected chi connectivity index (χ3v) is 1.58. The van der Waals surface area contributed by atoms with Gasteiger partial charge in [-0.2, -0.15) is 14.9 Å². The fourth-order valence-electron chi connectivity index (χ4n) is 1.00. The van der Waals surface area contributed by atoms with E-state index in [0.29, 0.717) is 18.2 Å². The van der Waals surface area contributed by atoms with Gasteiger partial charge in [0.05, 0.1) is 6.54 Å². The molecular formula is C7H8N6. The summed E-state index contributed by atoms with van der Waals surface area (Å²) in [6.45, 7) is 0.330. The smallest absolute Gasteiger partial charge is 0.177 e. The van der Waals surface area contributed by atoms with Crippen molar-refractivity contribution < 1.29 is 0 Å². The third-order valence-electron chi connectivity index (χ3n) is 1.58. The first-order valence-corrected chi connectivity index (χ1v) is 3.79. The lowest BCUT2D eigenvalue weighted by molar-refractivity contribution is 0.751. The molecule has 66 valence electrons. The third kappa shape index (κ3) is 1.38. The minimum absolute atomic E-state index is 0.330. The highest BCUT2D eigenvalue weighted by Crippen LogP contribution is 2.01. The van der Waals surface area contributed by atoms with Crippen LogP contribution in [0.1, 0.15) is 5.82 Å². The van der Waals surface area contributed by atoms with Crippen molar-refractivity contribution in [3.05, 3.63) is 30.5 Å². The molecule has 0 amide bonds. The Labute approximate surface area is 74.4 Å². The Morgan fingerprint density at radius 2 is 2.38 bits per heavy atom. The summed E-state index contributed by atoms with van der Waals surface area (Å²) in [4.78, 5) is 3.97. The van der Waals surface area contributed by atoms with Gasteiger partial charge in [0.25, 0.3) is 0 Å². The van der Waals surface area contributed by atoms with Gasteiger partial charge < -0.3 is 5.73 Å². The number of hydrogen-bond acceptors (Lipinski definition) is 5. The van der Waals surface area contributed by atoms with Gasteiger partial charge in [0, 0.05) is 6.20 Å². The fourth-order valence-corrected chi connectivity index (χ4v) is 1.00. The molecule has 2 aromatic heterocycles. The van der Waals surface area contributed by atoms with Crippen LogP contribution >= 0.6 is 0 Å². The molecule has 0 spiro atoms. The molecule has 0 radical (unpaired) electrons. The highest BCUT2D eigenvalue weighted by atomic mass is 15.4. The molecule has 2 rings (SSSR count). The molecule has 2 aromatic rings. The number of nitrogens with two attached hydrogens (primary N) is 1. The summed E-state index contributed by atoms with van der Waals surface area (Å²) in [5.41, 5.74) is 5.46. The summed E-state index contributed by atoms with van der Waals surface area (Å²) in [5.74, 6) is 1.29. The zero-order valence-corrected chi connectivity index (χ0v) is 6.83. The number of rotatable bonds is 2. The summed E-state index contributed by atoms with van der Waals surface area (Å²) in [6.07, 6.45) is 3.04. The Bertz CT molecular complexity index is 381. The van der Waals surface area contributed by atoms with Crippen LogP contribution in [0.5, 0.6) is 0 Å². The van der Waals surface area contributed by atoms with Gasteiger partial charge in [-0.25, -0.2) is 4.98 Å². The molecule has 0 fully saturated rings. The van der Waals surface area contributed by atoms with Crippen molar-refractivity contribution in [2.75, 3.05) is 0 Å². The Kier molecular flexibility index (Phi) is 1.97. The molecule has 2 heterocycles. The maximum atomic E-state index is 5.46. The maximum absolute atomic E-state index is 5.46. The highest BCUT2D eigenvalue weighted by Gasteiger charge is 2.04. The molecule has 0 aliphatic heterocycles.